The number of carbonyl (C=O) groups excluding carboxylic acids is 3. The third-order valence-electron chi connectivity index (χ3n) is 4.05. The molecule has 7 nitrogen and oxygen atoms in total. The van der Waals surface area contributed by atoms with Crippen LogP contribution in [0, 0.1) is 6.92 Å². The maximum atomic E-state index is 12.6. The topological polar surface area (TPSA) is 79.0 Å². The van der Waals surface area contributed by atoms with Gasteiger partial charge >= 0.3 is 6.03 Å². The van der Waals surface area contributed by atoms with E-state index in [4.69, 9.17) is 4.74 Å². The second kappa shape index (κ2) is 8.62. The third kappa shape index (κ3) is 4.57. The van der Waals surface area contributed by atoms with Gasteiger partial charge in [0.1, 0.15) is 12.6 Å². The Hall–Kier alpha value is -2.41. The highest BCUT2D eigenvalue weighted by molar-refractivity contribution is 6.15. The molecule has 0 saturated carbocycles. The lowest BCUT2D eigenvalue weighted by molar-refractivity contribution is -0.131. The number of nitrogens with zero attached hydrogens (tertiary/aromatic N) is 2. The average Bonchev–Trinajstić information content (AvgIpc) is 2.79. The Balaban J connectivity index is 1.95. The predicted octanol–water partition coefficient (Wildman–Crippen LogP) is 1.69. The molecular formula is C18H25N3O4. The Bertz CT molecular complexity index is 630. The maximum Gasteiger partial charge on any atom is 0.332 e. The van der Waals surface area contributed by atoms with Gasteiger partial charge in [0, 0.05) is 25.4 Å². The number of urea groups is 1. The second-order valence-corrected chi connectivity index (χ2v) is 5.99. The van der Waals surface area contributed by atoms with Gasteiger partial charge in [-0.3, -0.25) is 19.4 Å². The molecule has 0 spiro atoms. The van der Waals surface area contributed by atoms with Crippen molar-refractivity contribution in [1.82, 2.24) is 10.2 Å². The van der Waals surface area contributed by atoms with E-state index in [9.17, 15) is 14.4 Å². The summed E-state index contributed by atoms with van der Waals surface area (Å²) in [5, 5.41) is 2.70. The van der Waals surface area contributed by atoms with Crippen LogP contribution in [-0.2, 0) is 14.3 Å². The van der Waals surface area contributed by atoms with E-state index in [2.05, 4.69) is 5.32 Å². The first-order valence-corrected chi connectivity index (χ1v) is 8.51. The van der Waals surface area contributed by atoms with Crippen LogP contribution in [0.15, 0.2) is 24.3 Å². The molecule has 2 rings (SSSR count). The molecule has 1 atom stereocenters. The van der Waals surface area contributed by atoms with Crippen LogP contribution in [0.25, 0.3) is 0 Å². The van der Waals surface area contributed by atoms with Crippen LogP contribution in [0.3, 0.4) is 0 Å². The second-order valence-electron chi connectivity index (χ2n) is 5.99. The first-order chi connectivity index (χ1) is 12.0. The van der Waals surface area contributed by atoms with Gasteiger partial charge in [-0.25, -0.2) is 4.79 Å². The number of carbonyl (C=O) groups is 3. The molecule has 0 unspecified atom stereocenters. The minimum atomic E-state index is -0.624. The van der Waals surface area contributed by atoms with Gasteiger partial charge in [0.25, 0.3) is 5.91 Å². The molecule has 1 aliphatic rings. The summed E-state index contributed by atoms with van der Waals surface area (Å²) in [5.41, 5.74) is 1.72. The van der Waals surface area contributed by atoms with Crippen LogP contribution in [0.5, 0.6) is 0 Å². The minimum absolute atomic E-state index is 0.265. The third-order valence-corrected chi connectivity index (χ3v) is 4.05. The van der Waals surface area contributed by atoms with Gasteiger partial charge in [-0.1, -0.05) is 17.7 Å². The standard InChI is InChI=1S/C18H25N3O4/c1-4-25-11-5-10-19-16(22)12-20-17(23)14(3)21(18(20)24)15-8-6-13(2)7-9-15/h6-9,14H,4-5,10-12H2,1-3H3,(H,19,22)/t14-/m1/s1. The van der Waals surface area contributed by atoms with E-state index in [1.165, 1.54) is 4.90 Å². The lowest BCUT2D eigenvalue weighted by Crippen LogP contribution is -2.41. The first-order valence-electron chi connectivity index (χ1n) is 8.51. The van der Waals surface area contributed by atoms with Gasteiger partial charge in [0.2, 0.25) is 5.91 Å². The van der Waals surface area contributed by atoms with Gasteiger partial charge < -0.3 is 10.1 Å². The summed E-state index contributed by atoms with van der Waals surface area (Å²) in [7, 11) is 0. The molecule has 0 aliphatic carbocycles. The van der Waals surface area contributed by atoms with Crippen molar-refractivity contribution in [3.05, 3.63) is 29.8 Å². The normalized spacial score (nSPS) is 17.3. The molecule has 136 valence electrons. The van der Waals surface area contributed by atoms with E-state index in [-0.39, 0.29) is 18.4 Å². The molecule has 1 fully saturated rings. The minimum Gasteiger partial charge on any atom is -0.382 e. The molecule has 1 aromatic rings. The summed E-state index contributed by atoms with van der Waals surface area (Å²) in [6, 6.07) is 6.27. The number of nitrogens with one attached hydrogen (secondary N) is 1. The fourth-order valence-corrected chi connectivity index (χ4v) is 2.66. The number of amides is 4. The number of ether oxygens (including phenoxy) is 1. The smallest absolute Gasteiger partial charge is 0.332 e. The number of benzene rings is 1. The van der Waals surface area contributed by atoms with E-state index < -0.39 is 12.1 Å². The van der Waals surface area contributed by atoms with Crippen molar-refractivity contribution in [2.45, 2.75) is 33.2 Å². The molecule has 0 aromatic heterocycles. The molecule has 1 heterocycles. The first kappa shape index (κ1) is 18.9. The molecule has 1 saturated heterocycles. The van der Waals surface area contributed by atoms with E-state index in [1.54, 1.807) is 19.1 Å². The van der Waals surface area contributed by atoms with Crippen molar-refractivity contribution in [3.8, 4) is 0 Å². The van der Waals surface area contributed by atoms with Crippen molar-refractivity contribution in [3.63, 3.8) is 0 Å². The number of anilines is 1. The number of rotatable bonds is 8. The number of imide groups is 1. The fraction of sp³-hybridized carbons (Fsp3) is 0.500. The van der Waals surface area contributed by atoms with Crippen molar-refractivity contribution < 1.29 is 19.1 Å². The summed E-state index contributed by atoms with van der Waals surface area (Å²) < 4.78 is 5.19. The van der Waals surface area contributed by atoms with Gasteiger partial charge in [0.15, 0.2) is 0 Å². The summed E-state index contributed by atoms with van der Waals surface area (Å²) in [4.78, 5) is 39.4. The van der Waals surface area contributed by atoms with Crippen molar-refractivity contribution in [2.75, 3.05) is 31.2 Å². The quantitative estimate of drug-likeness (QED) is 0.573. The van der Waals surface area contributed by atoms with E-state index in [1.807, 2.05) is 26.0 Å². The highest BCUT2D eigenvalue weighted by Crippen LogP contribution is 2.25. The molecule has 4 amide bonds. The Kier molecular flexibility index (Phi) is 6.52. The zero-order valence-corrected chi connectivity index (χ0v) is 14.9. The average molecular weight is 347 g/mol. The van der Waals surface area contributed by atoms with Crippen LogP contribution in [0.1, 0.15) is 25.8 Å². The van der Waals surface area contributed by atoms with Gasteiger partial charge in [-0.2, -0.15) is 0 Å². The molecule has 1 aliphatic heterocycles. The van der Waals surface area contributed by atoms with E-state index in [0.717, 1.165) is 10.5 Å². The highest BCUT2D eigenvalue weighted by Gasteiger charge is 2.43. The number of hydrogen-bond acceptors (Lipinski definition) is 4. The van der Waals surface area contributed by atoms with Crippen LogP contribution in [0.2, 0.25) is 0 Å². The highest BCUT2D eigenvalue weighted by atomic mass is 16.5. The summed E-state index contributed by atoms with van der Waals surface area (Å²) in [6.07, 6.45) is 0.688. The molecule has 1 aromatic carbocycles. The molecule has 1 N–H and O–H groups in total. The van der Waals surface area contributed by atoms with Crippen LogP contribution < -0.4 is 10.2 Å². The lowest BCUT2D eigenvalue weighted by atomic mass is 10.2. The van der Waals surface area contributed by atoms with Crippen molar-refractivity contribution >= 4 is 23.5 Å². The van der Waals surface area contributed by atoms with E-state index >= 15 is 0 Å². The zero-order chi connectivity index (χ0) is 18.4. The van der Waals surface area contributed by atoms with Crippen molar-refractivity contribution in [1.29, 1.82) is 0 Å². The SMILES string of the molecule is CCOCCCNC(=O)CN1C(=O)[C@@H](C)N(c2ccc(C)cc2)C1=O. The Labute approximate surface area is 147 Å². The molecule has 0 radical (unpaired) electrons. The molecular weight excluding hydrogens is 322 g/mol. The van der Waals surface area contributed by atoms with Gasteiger partial charge in [-0.05, 0) is 39.3 Å². The zero-order valence-electron chi connectivity index (χ0n) is 14.9. The Morgan fingerprint density at radius 2 is 1.92 bits per heavy atom. The largest absolute Gasteiger partial charge is 0.382 e. The number of aryl methyl sites for hydroxylation is 1. The molecule has 25 heavy (non-hydrogen) atoms. The number of hydrogen-bond donors (Lipinski definition) is 1. The van der Waals surface area contributed by atoms with Gasteiger partial charge in [0.05, 0.1) is 0 Å². The van der Waals surface area contributed by atoms with Gasteiger partial charge in [-0.15, -0.1) is 0 Å². The Morgan fingerprint density at radius 1 is 1.24 bits per heavy atom. The molecule has 0 bridgehead atoms. The predicted molar refractivity (Wildman–Crippen MR) is 94.3 cm³/mol. The lowest BCUT2D eigenvalue weighted by Gasteiger charge is -2.19. The van der Waals surface area contributed by atoms with Crippen LogP contribution in [0.4, 0.5) is 10.5 Å². The summed E-state index contributed by atoms with van der Waals surface area (Å²) in [5.74, 6) is -0.716. The monoisotopic (exact) mass is 347 g/mol. The Morgan fingerprint density at radius 3 is 2.56 bits per heavy atom. The maximum absolute atomic E-state index is 12.6. The molecule has 7 heteroatoms. The fourth-order valence-electron chi connectivity index (χ4n) is 2.66. The van der Waals surface area contributed by atoms with Crippen molar-refractivity contribution in [2.24, 2.45) is 0 Å². The summed E-state index contributed by atoms with van der Waals surface area (Å²) in [6.45, 7) is 6.91. The van der Waals surface area contributed by atoms with Crippen LogP contribution in [-0.4, -0.2) is 55.1 Å². The summed E-state index contributed by atoms with van der Waals surface area (Å²) >= 11 is 0. The van der Waals surface area contributed by atoms with E-state index in [0.29, 0.717) is 31.9 Å². The van der Waals surface area contributed by atoms with Crippen LogP contribution >= 0.6 is 0 Å².